The Balaban J connectivity index is 1.63. The lowest BCUT2D eigenvalue weighted by Gasteiger charge is -2.35. The quantitative estimate of drug-likeness (QED) is 0.502. The number of allylic oxidation sites excluding steroid dienone is 1. The van der Waals surface area contributed by atoms with E-state index in [-0.39, 0.29) is 17.0 Å². The fourth-order valence-electron chi connectivity index (χ4n) is 4.53. The molecule has 3 aromatic rings. The molecule has 8 heteroatoms. The number of nitrogens with zero attached hydrogens (tertiary/aromatic N) is 1. The Morgan fingerprint density at radius 1 is 1.00 bits per heavy atom. The number of halogens is 3. The zero-order valence-electron chi connectivity index (χ0n) is 18.4. The fraction of sp³-hybridized carbons (Fsp3) is 0.148. The Morgan fingerprint density at radius 2 is 1.71 bits per heavy atom. The Kier molecular flexibility index (Phi) is 5.30. The Bertz CT molecular complexity index is 1430. The number of alkyl halides is 3. The van der Waals surface area contributed by atoms with Crippen LogP contribution in [0, 0.1) is 18.3 Å². The zero-order valence-corrected chi connectivity index (χ0v) is 18.4. The fourth-order valence-corrected chi connectivity index (χ4v) is 4.53. The summed E-state index contributed by atoms with van der Waals surface area (Å²) in [7, 11) is 0. The predicted octanol–water partition coefficient (Wildman–Crippen LogP) is 5.61. The average molecular weight is 476 g/mol. The van der Waals surface area contributed by atoms with Crippen molar-refractivity contribution in [2.75, 3.05) is 0 Å². The first-order valence-corrected chi connectivity index (χ1v) is 10.7. The van der Waals surface area contributed by atoms with Crippen LogP contribution >= 0.6 is 0 Å². The van der Waals surface area contributed by atoms with Crippen molar-refractivity contribution in [3.8, 4) is 22.9 Å². The second-order valence-electron chi connectivity index (χ2n) is 8.34. The van der Waals surface area contributed by atoms with Gasteiger partial charge in [-0.25, -0.2) is 0 Å². The normalized spacial score (nSPS) is 19.3. The van der Waals surface area contributed by atoms with Gasteiger partial charge in [-0.3, -0.25) is 0 Å². The Labute approximate surface area is 199 Å². The van der Waals surface area contributed by atoms with E-state index in [0.29, 0.717) is 33.8 Å². The van der Waals surface area contributed by atoms with Gasteiger partial charge in [0.2, 0.25) is 12.2 Å². The molecule has 0 radical (unpaired) electrons. The summed E-state index contributed by atoms with van der Waals surface area (Å²) in [6.45, 7) is 1.89. The Morgan fingerprint density at radius 3 is 2.40 bits per heavy atom. The summed E-state index contributed by atoms with van der Waals surface area (Å²) in [4.78, 5) is 0. The molecule has 2 heterocycles. The minimum absolute atomic E-state index is 0.0411. The lowest BCUT2D eigenvalue weighted by molar-refractivity contribution is -0.137. The van der Waals surface area contributed by atoms with Crippen LogP contribution in [0.1, 0.15) is 28.2 Å². The highest BCUT2D eigenvalue weighted by molar-refractivity contribution is 5.77. The van der Waals surface area contributed by atoms with E-state index in [1.807, 2.05) is 25.1 Å². The molecule has 0 fully saturated rings. The SMILES string of the molecule is Cc1ccc2c(c1)C1=C(C(O)O2)C(c2ccc(-c3ccccc3C(F)(F)F)cc2)C(C#N)=C(N)O1. The highest BCUT2D eigenvalue weighted by Gasteiger charge is 2.41. The first kappa shape index (κ1) is 22.6. The minimum Gasteiger partial charge on any atom is -0.460 e. The smallest absolute Gasteiger partial charge is 0.417 e. The number of nitrogens with two attached hydrogens (primary N) is 1. The van der Waals surface area contributed by atoms with Gasteiger partial charge >= 0.3 is 6.18 Å². The minimum atomic E-state index is -4.50. The van der Waals surface area contributed by atoms with E-state index in [9.17, 15) is 23.5 Å². The van der Waals surface area contributed by atoms with E-state index in [1.54, 1.807) is 36.4 Å². The number of aryl methyl sites for hydroxylation is 1. The molecule has 2 aliphatic rings. The van der Waals surface area contributed by atoms with Crippen molar-refractivity contribution in [2.24, 2.45) is 5.73 Å². The highest BCUT2D eigenvalue weighted by Crippen LogP contribution is 2.49. The summed E-state index contributed by atoms with van der Waals surface area (Å²) in [6.07, 6.45) is -5.91. The van der Waals surface area contributed by atoms with Gasteiger partial charge in [-0.2, -0.15) is 18.4 Å². The molecule has 0 saturated carbocycles. The van der Waals surface area contributed by atoms with Crippen LogP contribution in [0.3, 0.4) is 0 Å². The molecule has 2 aliphatic heterocycles. The topological polar surface area (TPSA) is 88.5 Å². The van der Waals surface area contributed by atoms with Gasteiger partial charge < -0.3 is 20.3 Å². The molecule has 0 aliphatic carbocycles. The van der Waals surface area contributed by atoms with Crippen molar-refractivity contribution in [3.05, 3.63) is 106 Å². The third-order valence-electron chi connectivity index (χ3n) is 6.13. The zero-order chi connectivity index (χ0) is 24.9. The maximum atomic E-state index is 13.5. The standard InChI is InChI=1S/C27H19F3N2O3/c1-14-6-11-21-18(12-14)24-23(26(33)34-21)22(19(13-31)25(32)35-24)16-9-7-15(8-10-16)17-4-2-3-5-20(17)27(28,29)30/h2-12,22,26,33H,32H2,1H3. The molecule has 5 rings (SSSR count). The molecule has 0 amide bonds. The molecule has 3 N–H and O–H groups in total. The molecule has 0 bridgehead atoms. The van der Waals surface area contributed by atoms with Gasteiger partial charge in [0.05, 0.1) is 22.6 Å². The van der Waals surface area contributed by atoms with Gasteiger partial charge in [0.1, 0.15) is 23.2 Å². The number of rotatable bonds is 2. The largest absolute Gasteiger partial charge is 0.460 e. The van der Waals surface area contributed by atoms with Crippen LogP contribution in [0.2, 0.25) is 0 Å². The van der Waals surface area contributed by atoms with E-state index >= 15 is 0 Å². The first-order chi connectivity index (χ1) is 16.7. The van der Waals surface area contributed by atoms with Gasteiger partial charge in [0.25, 0.3) is 0 Å². The average Bonchev–Trinajstić information content (AvgIpc) is 2.83. The van der Waals surface area contributed by atoms with E-state index in [0.717, 1.165) is 11.6 Å². The van der Waals surface area contributed by atoms with Crippen LogP contribution in [0.5, 0.6) is 5.75 Å². The van der Waals surface area contributed by atoms with Crippen molar-refractivity contribution in [1.29, 1.82) is 5.26 Å². The molecule has 0 spiro atoms. The van der Waals surface area contributed by atoms with Crippen molar-refractivity contribution < 1.29 is 27.8 Å². The van der Waals surface area contributed by atoms with Gasteiger partial charge in [0.15, 0.2) is 0 Å². The summed E-state index contributed by atoms with van der Waals surface area (Å²) in [5, 5.41) is 20.7. The molecule has 5 nitrogen and oxygen atoms in total. The van der Waals surface area contributed by atoms with E-state index in [1.165, 1.54) is 12.1 Å². The number of aliphatic hydroxyl groups is 1. The number of hydrogen-bond donors (Lipinski definition) is 2. The maximum Gasteiger partial charge on any atom is 0.417 e. The summed E-state index contributed by atoms with van der Waals surface area (Å²) < 4.78 is 52.0. The summed E-state index contributed by atoms with van der Waals surface area (Å²) >= 11 is 0. The molecule has 2 unspecified atom stereocenters. The second kappa shape index (κ2) is 8.22. The summed E-state index contributed by atoms with van der Waals surface area (Å²) in [5.74, 6) is -0.202. The number of fused-ring (bicyclic) bond motifs is 2. The van der Waals surface area contributed by atoms with Crippen molar-refractivity contribution in [2.45, 2.75) is 25.3 Å². The van der Waals surface area contributed by atoms with Crippen LogP contribution in [0.4, 0.5) is 13.2 Å². The molecule has 2 atom stereocenters. The highest BCUT2D eigenvalue weighted by atomic mass is 19.4. The molecule has 0 saturated heterocycles. The number of aliphatic hydroxyl groups excluding tert-OH is 1. The molecule has 35 heavy (non-hydrogen) atoms. The van der Waals surface area contributed by atoms with Crippen LogP contribution in [-0.4, -0.2) is 11.4 Å². The molecular formula is C27H19F3N2O3. The van der Waals surface area contributed by atoms with Crippen LogP contribution in [0.25, 0.3) is 16.9 Å². The van der Waals surface area contributed by atoms with Gasteiger partial charge in [-0.15, -0.1) is 0 Å². The van der Waals surface area contributed by atoms with Gasteiger partial charge in [-0.1, -0.05) is 54.1 Å². The third kappa shape index (κ3) is 3.80. The number of nitriles is 1. The third-order valence-corrected chi connectivity index (χ3v) is 6.13. The molecule has 176 valence electrons. The molecule has 0 aromatic heterocycles. The summed E-state index contributed by atoms with van der Waals surface area (Å²) in [5.41, 5.74) is 8.21. The van der Waals surface area contributed by atoms with Crippen LogP contribution in [0.15, 0.2) is 83.8 Å². The second-order valence-corrected chi connectivity index (χ2v) is 8.34. The monoisotopic (exact) mass is 476 g/mol. The lowest BCUT2D eigenvalue weighted by Crippen LogP contribution is -2.33. The molecular weight excluding hydrogens is 457 g/mol. The maximum absolute atomic E-state index is 13.5. The van der Waals surface area contributed by atoms with Crippen molar-refractivity contribution in [3.63, 3.8) is 0 Å². The summed E-state index contributed by atoms with van der Waals surface area (Å²) in [6, 6.07) is 19.1. The molecule has 3 aromatic carbocycles. The number of ether oxygens (including phenoxy) is 2. The number of hydrogen-bond acceptors (Lipinski definition) is 5. The number of benzene rings is 3. The van der Waals surface area contributed by atoms with E-state index in [4.69, 9.17) is 15.2 Å². The van der Waals surface area contributed by atoms with Crippen molar-refractivity contribution in [1.82, 2.24) is 0 Å². The lowest BCUT2D eigenvalue weighted by atomic mass is 9.80. The van der Waals surface area contributed by atoms with Crippen LogP contribution < -0.4 is 10.5 Å². The van der Waals surface area contributed by atoms with E-state index < -0.39 is 23.9 Å². The Hall–Kier alpha value is -4.22. The van der Waals surface area contributed by atoms with Crippen LogP contribution in [-0.2, 0) is 10.9 Å². The first-order valence-electron chi connectivity index (χ1n) is 10.7. The van der Waals surface area contributed by atoms with Gasteiger partial charge in [-0.05, 0) is 41.8 Å². The van der Waals surface area contributed by atoms with E-state index in [2.05, 4.69) is 0 Å². The van der Waals surface area contributed by atoms with Gasteiger partial charge in [0, 0.05) is 0 Å². The predicted molar refractivity (Wildman–Crippen MR) is 122 cm³/mol. The van der Waals surface area contributed by atoms with Crippen molar-refractivity contribution >= 4 is 5.76 Å².